The van der Waals surface area contributed by atoms with Crippen molar-refractivity contribution < 1.29 is 0 Å². The van der Waals surface area contributed by atoms with Crippen molar-refractivity contribution in [2.45, 2.75) is 58.4 Å². The molecule has 2 unspecified atom stereocenters. The Balaban J connectivity index is 1.58. The second-order valence-electron chi connectivity index (χ2n) is 6.92. The van der Waals surface area contributed by atoms with Crippen molar-refractivity contribution in [3.05, 3.63) is 0 Å². The quantitative estimate of drug-likeness (QED) is 0.730. The van der Waals surface area contributed by atoms with E-state index in [0.29, 0.717) is 5.41 Å². The Labute approximate surface area is 94.0 Å². The van der Waals surface area contributed by atoms with E-state index < -0.39 is 0 Å². The first-order chi connectivity index (χ1) is 7.17. The van der Waals surface area contributed by atoms with Gasteiger partial charge in [0.05, 0.1) is 0 Å². The summed E-state index contributed by atoms with van der Waals surface area (Å²) in [6.07, 6.45) is 8.96. The fourth-order valence-corrected chi connectivity index (χ4v) is 3.90. The van der Waals surface area contributed by atoms with E-state index in [9.17, 15) is 0 Å². The molecular weight excluding hydrogens is 182 g/mol. The minimum atomic E-state index is 0.699. The van der Waals surface area contributed by atoms with Crippen molar-refractivity contribution in [3.8, 4) is 0 Å². The third-order valence-corrected chi connectivity index (χ3v) is 4.64. The molecule has 0 aromatic carbocycles. The fourth-order valence-electron chi connectivity index (χ4n) is 3.90. The molecule has 0 aliphatic heterocycles. The highest BCUT2D eigenvalue weighted by atomic mass is 15.0. The van der Waals surface area contributed by atoms with Crippen molar-refractivity contribution in [1.82, 2.24) is 5.32 Å². The van der Waals surface area contributed by atoms with E-state index in [0.717, 1.165) is 23.8 Å². The number of nitrogens with one attached hydrogen (secondary N) is 1. The van der Waals surface area contributed by atoms with Gasteiger partial charge in [0.1, 0.15) is 0 Å². The maximum atomic E-state index is 3.79. The summed E-state index contributed by atoms with van der Waals surface area (Å²) in [7, 11) is 0. The highest BCUT2D eigenvalue weighted by Gasteiger charge is 2.53. The molecule has 1 N–H and O–H groups in total. The molecule has 0 saturated heterocycles. The molecule has 3 aliphatic carbocycles. The van der Waals surface area contributed by atoms with Crippen LogP contribution < -0.4 is 5.32 Å². The second kappa shape index (κ2) is 3.48. The van der Waals surface area contributed by atoms with Gasteiger partial charge in [-0.15, -0.1) is 0 Å². The predicted molar refractivity (Wildman–Crippen MR) is 63.7 cm³/mol. The molecule has 3 rings (SSSR count). The van der Waals surface area contributed by atoms with Crippen molar-refractivity contribution in [1.29, 1.82) is 0 Å². The monoisotopic (exact) mass is 207 g/mol. The van der Waals surface area contributed by atoms with Gasteiger partial charge in [0, 0.05) is 12.6 Å². The van der Waals surface area contributed by atoms with Gasteiger partial charge in [-0.25, -0.2) is 0 Å². The van der Waals surface area contributed by atoms with Crippen LogP contribution in [0.5, 0.6) is 0 Å². The van der Waals surface area contributed by atoms with Crippen LogP contribution in [-0.4, -0.2) is 12.6 Å². The molecule has 15 heavy (non-hydrogen) atoms. The number of fused-ring (bicyclic) bond motifs is 1. The zero-order valence-electron chi connectivity index (χ0n) is 10.3. The molecule has 3 fully saturated rings. The smallest absolute Gasteiger partial charge is 0.00684 e. The third-order valence-electron chi connectivity index (χ3n) is 4.64. The van der Waals surface area contributed by atoms with Crippen molar-refractivity contribution >= 4 is 0 Å². The summed E-state index contributed by atoms with van der Waals surface area (Å²) < 4.78 is 0. The average molecular weight is 207 g/mol. The average Bonchev–Trinajstić information content (AvgIpc) is 3.03. The Morgan fingerprint density at radius 3 is 2.40 bits per heavy atom. The molecule has 2 atom stereocenters. The minimum absolute atomic E-state index is 0.699. The first-order valence-electron chi connectivity index (χ1n) is 6.90. The topological polar surface area (TPSA) is 12.0 Å². The molecule has 0 aromatic heterocycles. The van der Waals surface area contributed by atoms with Crippen LogP contribution in [0.1, 0.15) is 52.4 Å². The zero-order valence-corrected chi connectivity index (χ0v) is 10.3. The lowest BCUT2D eigenvalue weighted by atomic mass is 9.76. The summed E-state index contributed by atoms with van der Waals surface area (Å²) in [6.45, 7) is 6.11. The first kappa shape index (κ1) is 10.1. The summed E-state index contributed by atoms with van der Waals surface area (Å²) in [5, 5.41) is 3.79. The SMILES string of the molecule is CC(C)CC1(CNC2CC2)CC2CC2C1. The Bertz CT molecular complexity index is 232. The van der Waals surface area contributed by atoms with Crippen molar-refractivity contribution in [2.24, 2.45) is 23.2 Å². The van der Waals surface area contributed by atoms with Gasteiger partial charge < -0.3 is 5.32 Å². The van der Waals surface area contributed by atoms with E-state index in [1.165, 1.54) is 38.6 Å². The van der Waals surface area contributed by atoms with Gasteiger partial charge in [0.2, 0.25) is 0 Å². The van der Waals surface area contributed by atoms with Crippen LogP contribution in [0, 0.1) is 23.2 Å². The lowest BCUT2D eigenvalue weighted by molar-refractivity contribution is 0.200. The van der Waals surface area contributed by atoms with Gasteiger partial charge in [0.25, 0.3) is 0 Å². The number of rotatable bonds is 5. The van der Waals surface area contributed by atoms with Gasteiger partial charge in [-0.2, -0.15) is 0 Å². The van der Waals surface area contributed by atoms with Gasteiger partial charge >= 0.3 is 0 Å². The van der Waals surface area contributed by atoms with Gasteiger partial charge in [0.15, 0.2) is 0 Å². The molecule has 3 aliphatic rings. The minimum Gasteiger partial charge on any atom is -0.313 e. The molecule has 3 saturated carbocycles. The maximum absolute atomic E-state index is 3.79. The van der Waals surface area contributed by atoms with Crippen LogP contribution in [0.25, 0.3) is 0 Å². The van der Waals surface area contributed by atoms with Gasteiger partial charge in [-0.3, -0.25) is 0 Å². The molecule has 1 heteroatoms. The Morgan fingerprint density at radius 1 is 1.20 bits per heavy atom. The molecule has 0 aromatic rings. The lowest BCUT2D eigenvalue weighted by Crippen LogP contribution is -2.35. The summed E-state index contributed by atoms with van der Waals surface area (Å²) in [6, 6.07) is 0.894. The Kier molecular flexibility index (Phi) is 2.35. The fraction of sp³-hybridized carbons (Fsp3) is 1.00. The summed E-state index contributed by atoms with van der Waals surface area (Å²) >= 11 is 0. The Hall–Kier alpha value is -0.0400. The van der Waals surface area contributed by atoms with E-state index in [-0.39, 0.29) is 0 Å². The first-order valence-corrected chi connectivity index (χ1v) is 6.90. The molecule has 0 amide bonds. The van der Waals surface area contributed by atoms with Crippen LogP contribution >= 0.6 is 0 Å². The van der Waals surface area contributed by atoms with Crippen LogP contribution in [0.4, 0.5) is 0 Å². The standard InChI is InChI=1S/C14H25N/c1-10(2)6-14(9-15-13-3-4-13)7-11-5-12(11)8-14/h10-13,15H,3-9H2,1-2H3. The van der Waals surface area contributed by atoms with Crippen LogP contribution in [-0.2, 0) is 0 Å². The van der Waals surface area contributed by atoms with Gasteiger partial charge in [-0.05, 0) is 61.7 Å². The number of hydrogen-bond donors (Lipinski definition) is 1. The summed E-state index contributed by atoms with van der Waals surface area (Å²) in [4.78, 5) is 0. The second-order valence-corrected chi connectivity index (χ2v) is 6.92. The molecule has 0 bridgehead atoms. The molecule has 86 valence electrons. The zero-order chi connectivity index (χ0) is 10.5. The molecule has 0 heterocycles. The largest absolute Gasteiger partial charge is 0.313 e. The van der Waals surface area contributed by atoms with E-state index in [2.05, 4.69) is 19.2 Å². The van der Waals surface area contributed by atoms with E-state index in [4.69, 9.17) is 0 Å². The van der Waals surface area contributed by atoms with Gasteiger partial charge in [-0.1, -0.05) is 13.8 Å². The molecule has 0 radical (unpaired) electrons. The summed E-state index contributed by atoms with van der Waals surface area (Å²) in [5.41, 5.74) is 0.699. The van der Waals surface area contributed by atoms with Crippen LogP contribution in [0.3, 0.4) is 0 Å². The van der Waals surface area contributed by atoms with Crippen molar-refractivity contribution in [3.63, 3.8) is 0 Å². The van der Waals surface area contributed by atoms with E-state index in [1.807, 2.05) is 0 Å². The molecule has 1 nitrogen and oxygen atoms in total. The highest BCUT2D eigenvalue weighted by Crippen LogP contribution is 2.61. The molecular formula is C14H25N. The lowest BCUT2D eigenvalue weighted by Gasteiger charge is -2.33. The third kappa shape index (κ3) is 2.22. The number of hydrogen-bond acceptors (Lipinski definition) is 1. The van der Waals surface area contributed by atoms with E-state index >= 15 is 0 Å². The predicted octanol–water partition coefficient (Wildman–Crippen LogP) is 3.20. The van der Waals surface area contributed by atoms with Crippen LogP contribution in [0.15, 0.2) is 0 Å². The van der Waals surface area contributed by atoms with E-state index in [1.54, 1.807) is 6.42 Å². The summed E-state index contributed by atoms with van der Waals surface area (Å²) in [5.74, 6) is 3.14. The maximum Gasteiger partial charge on any atom is 0.00684 e. The highest BCUT2D eigenvalue weighted by molar-refractivity contribution is 5.05. The van der Waals surface area contributed by atoms with Crippen molar-refractivity contribution in [2.75, 3.05) is 6.54 Å². The van der Waals surface area contributed by atoms with Crippen LogP contribution in [0.2, 0.25) is 0 Å². The Morgan fingerprint density at radius 2 is 1.87 bits per heavy atom. The normalized spacial score (nSPS) is 43.4. The molecule has 0 spiro atoms.